The Morgan fingerprint density at radius 1 is 1.43 bits per heavy atom. The third kappa shape index (κ3) is 7.94. The van der Waals surface area contributed by atoms with E-state index in [-0.39, 0.29) is 30.1 Å². The summed E-state index contributed by atoms with van der Waals surface area (Å²) in [6.45, 7) is 11.0. The lowest BCUT2D eigenvalue weighted by Crippen LogP contribution is -2.34. The molecule has 0 saturated heterocycles. The number of hydrogen-bond acceptors (Lipinski definition) is 2. The molecule has 0 heterocycles. The topological polar surface area (TPSA) is 59.6 Å². The van der Waals surface area contributed by atoms with Gasteiger partial charge < -0.3 is 15.8 Å². The summed E-state index contributed by atoms with van der Waals surface area (Å²) in [5.74, 6) is 1.34. The van der Waals surface area contributed by atoms with Crippen molar-refractivity contribution in [1.29, 1.82) is 0 Å². The number of hydrogen-bond donors (Lipinski definition) is 2. The number of aliphatic imine (C=N–C) groups is 1. The second kappa shape index (κ2) is 10.5. The number of nitrogens with two attached hydrogens (primary N) is 1. The van der Waals surface area contributed by atoms with Gasteiger partial charge in [-0.2, -0.15) is 0 Å². The number of halogens is 1. The third-order valence-corrected chi connectivity index (χ3v) is 2.88. The van der Waals surface area contributed by atoms with Crippen LogP contribution in [0.4, 0.5) is 0 Å². The molecule has 1 aromatic rings. The number of aryl methyl sites for hydroxylation is 1. The summed E-state index contributed by atoms with van der Waals surface area (Å²) in [6, 6.07) is 7.99. The zero-order valence-corrected chi connectivity index (χ0v) is 15.4. The van der Waals surface area contributed by atoms with Crippen LogP contribution in [-0.2, 0) is 0 Å². The van der Waals surface area contributed by atoms with E-state index in [9.17, 15) is 0 Å². The van der Waals surface area contributed by atoms with Gasteiger partial charge >= 0.3 is 0 Å². The van der Waals surface area contributed by atoms with Crippen molar-refractivity contribution < 1.29 is 4.74 Å². The first kappa shape index (κ1) is 19.8. The van der Waals surface area contributed by atoms with E-state index in [1.165, 1.54) is 0 Å². The zero-order chi connectivity index (χ0) is 15.0. The Bertz CT molecular complexity index is 474. The minimum atomic E-state index is 0. The van der Waals surface area contributed by atoms with Crippen LogP contribution >= 0.6 is 24.0 Å². The van der Waals surface area contributed by atoms with E-state index in [1.54, 1.807) is 0 Å². The van der Waals surface area contributed by atoms with Crippen LogP contribution in [0.3, 0.4) is 0 Å². The first-order chi connectivity index (χ1) is 9.52. The van der Waals surface area contributed by atoms with E-state index in [0.29, 0.717) is 19.0 Å². The van der Waals surface area contributed by atoms with Crippen LogP contribution in [0.1, 0.15) is 25.8 Å². The molecular formula is C16H26IN3O. The maximum atomic E-state index is 5.96. The molecule has 3 N–H and O–H groups in total. The highest BCUT2D eigenvalue weighted by Gasteiger charge is 2.09. The van der Waals surface area contributed by atoms with E-state index in [4.69, 9.17) is 10.5 Å². The van der Waals surface area contributed by atoms with Crippen molar-refractivity contribution in [1.82, 2.24) is 5.32 Å². The first-order valence-corrected chi connectivity index (χ1v) is 6.93. The van der Waals surface area contributed by atoms with E-state index in [2.05, 4.69) is 23.8 Å². The summed E-state index contributed by atoms with van der Waals surface area (Å²) in [5, 5.41) is 3.01. The SMILES string of the molecule is C=C(C)CNC(N)=NCC(CC)Oc1ccccc1C.I. The van der Waals surface area contributed by atoms with Gasteiger partial charge in [0.2, 0.25) is 0 Å². The molecule has 0 fully saturated rings. The smallest absolute Gasteiger partial charge is 0.188 e. The molecule has 0 spiro atoms. The van der Waals surface area contributed by atoms with Gasteiger partial charge in [-0.05, 0) is 31.9 Å². The van der Waals surface area contributed by atoms with Gasteiger partial charge in [0.15, 0.2) is 5.96 Å². The number of guanidine groups is 1. The maximum Gasteiger partial charge on any atom is 0.188 e. The molecule has 21 heavy (non-hydrogen) atoms. The Morgan fingerprint density at radius 2 is 2.10 bits per heavy atom. The predicted octanol–water partition coefficient (Wildman–Crippen LogP) is 3.25. The molecule has 0 aliphatic carbocycles. The molecule has 0 amide bonds. The molecule has 1 rings (SSSR count). The lowest BCUT2D eigenvalue weighted by atomic mass is 10.2. The molecule has 0 aliphatic rings. The predicted molar refractivity (Wildman–Crippen MR) is 101 cm³/mol. The number of rotatable bonds is 7. The highest BCUT2D eigenvalue weighted by atomic mass is 127. The van der Waals surface area contributed by atoms with Crippen LogP contribution in [0.25, 0.3) is 0 Å². The molecule has 1 atom stereocenters. The lowest BCUT2D eigenvalue weighted by molar-refractivity contribution is 0.204. The number of para-hydroxylation sites is 1. The van der Waals surface area contributed by atoms with Crippen molar-refractivity contribution in [2.75, 3.05) is 13.1 Å². The Labute approximate surface area is 144 Å². The highest BCUT2D eigenvalue weighted by molar-refractivity contribution is 14.0. The Morgan fingerprint density at radius 3 is 2.67 bits per heavy atom. The molecule has 118 valence electrons. The summed E-state index contributed by atoms with van der Waals surface area (Å²) in [7, 11) is 0. The second-order valence-electron chi connectivity index (χ2n) is 4.95. The van der Waals surface area contributed by atoms with Gasteiger partial charge in [-0.15, -0.1) is 24.0 Å². The van der Waals surface area contributed by atoms with E-state index < -0.39 is 0 Å². The molecule has 5 heteroatoms. The van der Waals surface area contributed by atoms with Crippen LogP contribution in [0.15, 0.2) is 41.4 Å². The average Bonchev–Trinajstić information content (AvgIpc) is 2.43. The number of benzene rings is 1. The van der Waals surface area contributed by atoms with Crippen molar-refractivity contribution in [3.05, 3.63) is 42.0 Å². The van der Waals surface area contributed by atoms with Crippen LogP contribution < -0.4 is 15.8 Å². The highest BCUT2D eigenvalue weighted by Crippen LogP contribution is 2.18. The summed E-state index contributed by atoms with van der Waals surface area (Å²) >= 11 is 0. The van der Waals surface area contributed by atoms with Crippen molar-refractivity contribution >= 4 is 29.9 Å². The summed E-state index contributed by atoms with van der Waals surface area (Å²) in [6.07, 6.45) is 0.910. The standard InChI is InChI=1S/C16H25N3O.HI/c1-5-14(11-19-16(17)18-10-12(2)3)20-15-9-7-6-8-13(15)4;/h6-9,14H,2,5,10-11H2,1,3-4H3,(H3,17,18,19);1H. The maximum absolute atomic E-state index is 5.96. The van der Waals surface area contributed by atoms with Crippen molar-refractivity contribution in [3.63, 3.8) is 0 Å². The van der Waals surface area contributed by atoms with Gasteiger partial charge in [0.1, 0.15) is 11.9 Å². The number of ether oxygens (including phenoxy) is 1. The summed E-state index contributed by atoms with van der Waals surface area (Å²) in [5.41, 5.74) is 7.94. The van der Waals surface area contributed by atoms with Crippen LogP contribution in [0.2, 0.25) is 0 Å². The van der Waals surface area contributed by atoms with E-state index in [1.807, 2.05) is 38.1 Å². The van der Waals surface area contributed by atoms with E-state index in [0.717, 1.165) is 23.3 Å². The quantitative estimate of drug-likeness (QED) is 0.318. The fourth-order valence-corrected chi connectivity index (χ4v) is 1.62. The first-order valence-electron chi connectivity index (χ1n) is 6.93. The molecular weight excluding hydrogens is 377 g/mol. The monoisotopic (exact) mass is 403 g/mol. The molecule has 0 radical (unpaired) electrons. The van der Waals surface area contributed by atoms with Gasteiger partial charge in [0.05, 0.1) is 6.54 Å². The molecule has 1 aromatic carbocycles. The molecule has 4 nitrogen and oxygen atoms in total. The zero-order valence-electron chi connectivity index (χ0n) is 13.1. The van der Waals surface area contributed by atoms with Crippen molar-refractivity contribution in [2.45, 2.75) is 33.3 Å². The van der Waals surface area contributed by atoms with Crippen LogP contribution in [0.5, 0.6) is 5.75 Å². The normalized spacial score (nSPS) is 12.2. The third-order valence-electron chi connectivity index (χ3n) is 2.88. The van der Waals surface area contributed by atoms with Gasteiger partial charge in [-0.1, -0.05) is 37.3 Å². The average molecular weight is 403 g/mol. The van der Waals surface area contributed by atoms with E-state index >= 15 is 0 Å². The fourth-order valence-electron chi connectivity index (χ4n) is 1.62. The lowest BCUT2D eigenvalue weighted by Gasteiger charge is -2.17. The minimum absolute atomic E-state index is 0. The van der Waals surface area contributed by atoms with Crippen molar-refractivity contribution in [3.8, 4) is 5.75 Å². The van der Waals surface area contributed by atoms with Gasteiger partial charge in [-0.25, -0.2) is 4.99 Å². The van der Waals surface area contributed by atoms with Crippen LogP contribution in [-0.4, -0.2) is 25.2 Å². The van der Waals surface area contributed by atoms with Crippen LogP contribution in [0, 0.1) is 6.92 Å². The molecule has 0 saturated carbocycles. The summed E-state index contributed by atoms with van der Waals surface area (Å²) in [4.78, 5) is 4.31. The second-order valence-corrected chi connectivity index (χ2v) is 4.95. The molecule has 1 unspecified atom stereocenters. The Balaban J connectivity index is 0.00000400. The summed E-state index contributed by atoms with van der Waals surface area (Å²) < 4.78 is 5.96. The van der Waals surface area contributed by atoms with Gasteiger partial charge in [0, 0.05) is 6.54 Å². The number of nitrogens with one attached hydrogen (secondary N) is 1. The Kier molecular flexibility index (Phi) is 9.86. The molecule has 0 aromatic heterocycles. The Hall–Kier alpha value is -1.24. The fraction of sp³-hybridized carbons (Fsp3) is 0.438. The number of nitrogens with zero attached hydrogens (tertiary/aromatic N) is 1. The molecule has 0 aliphatic heterocycles. The molecule has 0 bridgehead atoms. The van der Waals surface area contributed by atoms with Gasteiger partial charge in [-0.3, -0.25) is 0 Å². The minimum Gasteiger partial charge on any atom is -0.488 e. The van der Waals surface area contributed by atoms with Gasteiger partial charge in [0.25, 0.3) is 0 Å². The van der Waals surface area contributed by atoms with Crippen molar-refractivity contribution in [2.24, 2.45) is 10.7 Å². The largest absolute Gasteiger partial charge is 0.488 e.